The van der Waals surface area contributed by atoms with Crippen LogP contribution in [0.5, 0.6) is 0 Å². The fourth-order valence-corrected chi connectivity index (χ4v) is 3.49. The third kappa shape index (κ3) is 4.21. The SMILES string of the molecule is CCC(C)(C)C1CCC(C#N)C(N(C)CC(C)C)C1. The lowest BCUT2D eigenvalue weighted by molar-refractivity contribution is 0.0596. The van der Waals surface area contributed by atoms with E-state index < -0.39 is 0 Å². The summed E-state index contributed by atoms with van der Waals surface area (Å²) in [5.74, 6) is 1.67. The van der Waals surface area contributed by atoms with Crippen LogP contribution < -0.4 is 0 Å². The summed E-state index contributed by atoms with van der Waals surface area (Å²) in [5.41, 5.74) is 0.414. The van der Waals surface area contributed by atoms with Crippen LogP contribution in [0.3, 0.4) is 0 Å². The van der Waals surface area contributed by atoms with E-state index in [1.54, 1.807) is 0 Å². The molecule has 0 aliphatic heterocycles. The summed E-state index contributed by atoms with van der Waals surface area (Å²) in [5, 5.41) is 9.41. The largest absolute Gasteiger partial charge is 0.302 e. The van der Waals surface area contributed by atoms with Gasteiger partial charge in [-0.3, -0.25) is 0 Å². The molecular formula is C17H32N2. The summed E-state index contributed by atoms with van der Waals surface area (Å²) in [6, 6.07) is 3.01. The van der Waals surface area contributed by atoms with Gasteiger partial charge in [0.05, 0.1) is 12.0 Å². The van der Waals surface area contributed by atoms with Crippen molar-refractivity contribution in [1.82, 2.24) is 4.90 Å². The molecule has 1 aliphatic carbocycles. The Hall–Kier alpha value is -0.550. The van der Waals surface area contributed by atoms with Crippen molar-refractivity contribution in [3.8, 4) is 6.07 Å². The molecule has 0 bridgehead atoms. The van der Waals surface area contributed by atoms with Gasteiger partial charge in [-0.2, -0.15) is 5.26 Å². The smallest absolute Gasteiger partial charge is 0.0672 e. The zero-order chi connectivity index (χ0) is 14.6. The molecule has 1 aliphatic rings. The van der Waals surface area contributed by atoms with E-state index in [-0.39, 0.29) is 5.92 Å². The number of hydrogen-bond donors (Lipinski definition) is 0. The molecule has 1 rings (SSSR count). The molecule has 2 nitrogen and oxygen atoms in total. The molecule has 0 saturated heterocycles. The second-order valence-corrected chi connectivity index (χ2v) is 7.49. The molecule has 0 aromatic rings. The van der Waals surface area contributed by atoms with Gasteiger partial charge >= 0.3 is 0 Å². The van der Waals surface area contributed by atoms with Gasteiger partial charge in [-0.25, -0.2) is 0 Å². The topological polar surface area (TPSA) is 27.0 Å². The molecule has 110 valence electrons. The van der Waals surface area contributed by atoms with Gasteiger partial charge in [0.1, 0.15) is 0 Å². The molecule has 3 atom stereocenters. The fourth-order valence-electron chi connectivity index (χ4n) is 3.49. The summed E-state index contributed by atoms with van der Waals surface area (Å²) < 4.78 is 0. The lowest BCUT2D eigenvalue weighted by Gasteiger charge is -2.44. The maximum atomic E-state index is 9.41. The van der Waals surface area contributed by atoms with Crippen molar-refractivity contribution < 1.29 is 0 Å². The Kier molecular flexibility index (Phi) is 5.86. The zero-order valence-corrected chi connectivity index (χ0v) is 13.7. The summed E-state index contributed by atoms with van der Waals surface area (Å²) in [4.78, 5) is 2.44. The van der Waals surface area contributed by atoms with Gasteiger partial charge in [0, 0.05) is 12.6 Å². The van der Waals surface area contributed by atoms with Crippen LogP contribution in [0, 0.1) is 34.5 Å². The van der Waals surface area contributed by atoms with E-state index in [0.29, 0.717) is 17.4 Å². The van der Waals surface area contributed by atoms with Crippen molar-refractivity contribution in [2.75, 3.05) is 13.6 Å². The van der Waals surface area contributed by atoms with E-state index >= 15 is 0 Å². The first kappa shape index (κ1) is 16.5. The molecule has 1 fully saturated rings. The highest BCUT2D eigenvalue weighted by Crippen LogP contribution is 2.43. The van der Waals surface area contributed by atoms with Crippen LogP contribution in [0.15, 0.2) is 0 Å². The van der Waals surface area contributed by atoms with Crippen LogP contribution in [-0.4, -0.2) is 24.5 Å². The Balaban J connectivity index is 2.77. The number of nitriles is 1. The molecule has 0 N–H and O–H groups in total. The van der Waals surface area contributed by atoms with Gasteiger partial charge in [-0.15, -0.1) is 0 Å². The van der Waals surface area contributed by atoms with Gasteiger partial charge in [-0.05, 0) is 43.6 Å². The molecule has 2 heteroatoms. The van der Waals surface area contributed by atoms with E-state index in [1.165, 1.54) is 19.3 Å². The summed E-state index contributed by atoms with van der Waals surface area (Å²) >= 11 is 0. The van der Waals surface area contributed by atoms with E-state index in [1.807, 2.05) is 0 Å². The molecule has 0 amide bonds. The predicted molar refractivity (Wildman–Crippen MR) is 81.8 cm³/mol. The monoisotopic (exact) mass is 264 g/mol. The normalized spacial score (nSPS) is 28.7. The van der Waals surface area contributed by atoms with Crippen LogP contribution in [-0.2, 0) is 0 Å². The summed E-state index contributed by atoms with van der Waals surface area (Å²) in [6.45, 7) is 12.7. The van der Waals surface area contributed by atoms with Crippen molar-refractivity contribution >= 4 is 0 Å². The second-order valence-electron chi connectivity index (χ2n) is 7.49. The van der Waals surface area contributed by atoms with Gasteiger partial charge in [0.2, 0.25) is 0 Å². The number of rotatable bonds is 5. The highest BCUT2D eigenvalue weighted by atomic mass is 15.1. The van der Waals surface area contributed by atoms with Crippen molar-refractivity contribution in [3.63, 3.8) is 0 Å². The molecule has 0 spiro atoms. The summed E-state index contributed by atoms with van der Waals surface area (Å²) in [6.07, 6.45) is 4.74. The van der Waals surface area contributed by atoms with Gasteiger partial charge in [-0.1, -0.05) is 41.0 Å². The highest BCUT2D eigenvalue weighted by molar-refractivity contribution is 4.99. The molecule has 1 saturated carbocycles. The lowest BCUT2D eigenvalue weighted by atomic mass is 9.66. The van der Waals surface area contributed by atoms with E-state index in [0.717, 1.165) is 18.9 Å². The first-order chi connectivity index (χ1) is 8.81. The van der Waals surface area contributed by atoms with Crippen LogP contribution in [0.2, 0.25) is 0 Å². The van der Waals surface area contributed by atoms with E-state index in [4.69, 9.17) is 0 Å². The molecule has 19 heavy (non-hydrogen) atoms. The maximum absolute atomic E-state index is 9.41. The quantitative estimate of drug-likeness (QED) is 0.739. The minimum atomic E-state index is 0.229. The standard InChI is InChI=1S/C17H32N2/c1-7-17(4,5)15-9-8-14(11-18)16(10-15)19(6)12-13(2)3/h13-16H,7-10,12H2,1-6H3. The number of nitrogens with zero attached hydrogens (tertiary/aromatic N) is 2. The van der Waals surface area contributed by atoms with Crippen molar-refractivity contribution in [2.24, 2.45) is 23.2 Å². The Morgan fingerprint density at radius 2 is 1.95 bits per heavy atom. The Labute approximate surface area is 120 Å². The minimum Gasteiger partial charge on any atom is -0.302 e. The molecule has 0 aromatic heterocycles. The van der Waals surface area contributed by atoms with Crippen molar-refractivity contribution in [1.29, 1.82) is 5.26 Å². The van der Waals surface area contributed by atoms with E-state index in [9.17, 15) is 5.26 Å². The second kappa shape index (κ2) is 6.75. The van der Waals surface area contributed by atoms with Gasteiger partial charge in [0.25, 0.3) is 0 Å². The van der Waals surface area contributed by atoms with Crippen LogP contribution >= 0.6 is 0 Å². The Bertz CT molecular complexity index is 314. The summed E-state index contributed by atoms with van der Waals surface area (Å²) in [7, 11) is 2.20. The minimum absolute atomic E-state index is 0.229. The van der Waals surface area contributed by atoms with Crippen LogP contribution in [0.1, 0.15) is 60.3 Å². The van der Waals surface area contributed by atoms with Crippen molar-refractivity contribution in [2.45, 2.75) is 66.3 Å². The molecule has 0 radical (unpaired) electrons. The Morgan fingerprint density at radius 3 is 2.42 bits per heavy atom. The third-order valence-electron chi connectivity index (χ3n) is 5.22. The predicted octanol–water partition coefficient (Wildman–Crippen LogP) is 4.32. The number of hydrogen-bond acceptors (Lipinski definition) is 2. The maximum Gasteiger partial charge on any atom is 0.0672 e. The average Bonchev–Trinajstić information content (AvgIpc) is 2.37. The van der Waals surface area contributed by atoms with Gasteiger partial charge in [0.15, 0.2) is 0 Å². The fraction of sp³-hybridized carbons (Fsp3) is 0.941. The third-order valence-corrected chi connectivity index (χ3v) is 5.22. The lowest BCUT2D eigenvalue weighted by Crippen LogP contribution is -2.45. The first-order valence-electron chi connectivity index (χ1n) is 7.91. The van der Waals surface area contributed by atoms with E-state index in [2.05, 4.69) is 52.6 Å². The van der Waals surface area contributed by atoms with Crippen LogP contribution in [0.25, 0.3) is 0 Å². The average molecular weight is 264 g/mol. The van der Waals surface area contributed by atoms with Crippen molar-refractivity contribution in [3.05, 3.63) is 0 Å². The molecule has 0 aromatic carbocycles. The Morgan fingerprint density at radius 1 is 1.32 bits per heavy atom. The zero-order valence-electron chi connectivity index (χ0n) is 13.7. The molecular weight excluding hydrogens is 232 g/mol. The first-order valence-corrected chi connectivity index (χ1v) is 7.91. The molecule has 3 unspecified atom stereocenters. The highest BCUT2D eigenvalue weighted by Gasteiger charge is 2.38. The van der Waals surface area contributed by atoms with Crippen LogP contribution in [0.4, 0.5) is 0 Å². The van der Waals surface area contributed by atoms with Gasteiger partial charge < -0.3 is 4.90 Å². The molecule has 0 heterocycles.